The number of aryl methyl sites for hydroxylation is 1. The van der Waals surface area contributed by atoms with Gasteiger partial charge in [0.05, 0.1) is 20.2 Å². The first-order valence-corrected chi connectivity index (χ1v) is 13.8. The van der Waals surface area contributed by atoms with Crippen molar-refractivity contribution in [2.24, 2.45) is 0 Å². The number of benzene rings is 2. The molecule has 0 fully saturated rings. The van der Waals surface area contributed by atoms with Crippen molar-refractivity contribution in [1.82, 2.24) is 26.3 Å². The lowest BCUT2D eigenvalue weighted by Crippen LogP contribution is -2.49. The van der Waals surface area contributed by atoms with Crippen molar-refractivity contribution >= 4 is 29.4 Å². The van der Waals surface area contributed by atoms with Gasteiger partial charge >= 0.3 is 0 Å². The highest BCUT2D eigenvalue weighted by molar-refractivity contribution is 6.37. The van der Waals surface area contributed by atoms with Gasteiger partial charge in [0.15, 0.2) is 0 Å². The van der Waals surface area contributed by atoms with Gasteiger partial charge in [-0.25, -0.2) is 0 Å². The van der Waals surface area contributed by atoms with E-state index in [1.807, 2.05) is 18.2 Å². The molecule has 3 aromatic rings. The van der Waals surface area contributed by atoms with E-state index < -0.39 is 42.0 Å². The number of ether oxygens (including phenoxy) is 1. The third-order valence-corrected chi connectivity index (χ3v) is 5.35. The van der Waals surface area contributed by atoms with E-state index in [0.29, 0.717) is 11.3 Å². The normalized spacial score (nSPS) is 10.3. The average molecular weight is 592 g/mol. The molecule has 4 amide bonds. The van der Waals surface area contributed by atoms with Crippen LogP contribution in [0.4, 0.5) is 0 Å². The first-order chi connectivity index (χ1) is 20.6. The van der Waals surface area contributed by atoms with Crippen LogP contribution in [0.5, 0.6) is 5.75 Å². The Bertz CT molecular complexity index is 1280. The second-order valence-electron chi connectivity index (χ2n) is 9.24. The molecule has 0 saturated carbocycles. The van der Waals surface area contributed by atoms with E-state index in [9.17, 15) is 24.0 Å². The quantitative estimate of drug-likeness (QED) is 0.250. The molecule has 1 aromatic heterocycles. The second-order valence-corrected chi connectivity index (χ2v) is 9.24. The summed E-state index contributed by atoms with van der Waals surface area (Å²) in [7, 11) is 1.54. The molecule has 1 heterocycles. The lowest BCUT2D eigenvalue weighted by Gasteiger charge is -2.14. The fourth-order valence-electron chi connectivity index (χ4n) is 3.08. The van der Waals surface area contributed by atoms with Crippen LogP contribution in [0, 0.1) is 6.92 Å². The summed E-state index contributed by atoms with van der Waals surface area (Å²) < 4.78 is 5.04. The molecule has 4 N–H and O–H groups in total. The van der Waals surface area contributed by atoms with Gasteiger partial charge in [0.1, 0.15) is 11.8 Å². The van der Waals surface area contributed by atoms with Crippen LogP contribution in [-0.2, 0) is 25.7 Å². The number of hydrogen-bond donors (Lipinski definition) is 4. The molecule has 43 heavy (non-hydrogen) atoms. The molecule has 0 aliphatic heterocycles. The van der Waals surface area contributed by atoms with Crippen LogP contribution in [0.1, 0.15) is 48.7 Å². The minimum absolute atomic E-state index is 0.139. The molecule has 11 heteroatoms. The smallest absolute Gasteiger partial charge is 0.289 e. The van der Waals surface area contributed by atoms with Crippen LogP contribution in [-0.4, -0.2) is 60.6 Å². The van der Waals surface area contributed by atoms with E-state index in [4.69, 9.17) is 4.74 Å². The predicted octanol–water partition coefficient (Wildman–Crippen LogP) is 2.74. The molecule has 0 unspecified atom stereocenters. The minimum atomic E-state index is -0.981. The molecule has 3 rings (SSSR count). The topological polar surface area (TPSA) is 156 Å². The van der Waals surface area contributed by atoms with Gasteiger partial charge in [-0.1, -0.05) is 68.3 Å². The summed E-state index contributed by atoms with van der Waals surface area (Å²) in [4.78, 5) is 63.6. The average Bonchev–Trinajstić information content (AvgIpc) is 3.02. The van der Waals surface area contributed by atoms with E-state index >= 15 is 0 Å². The van der Waals surface area contributed by atoms with Crippen LogP contribution in [0.25, 0.3) is 0 Å². The molecule has 0 spiro atoms. The van der Waals surface area contributed by atoms with Crippen molar-refractivity contribution < 1.29 is 28.7 Å². The second kappa shape index (κ2) is 20.8. The predicted molar refractivity (Wildman–Crippen MR) is 164 cm³/mol. The monoisotopic (exact) mass is 591 g/mol. The molecule has 0 bridgehead atoms. The zero-order valence-electron chi connectivity index (χ0n) is 25.3. The number of amides is 4. The third kappa shape index (κ3) is 15.5. The highest BCUT2D eigenvalue weighted by Gasteiger charge is 2.19. The van der Waals surface area contributed by atoms with Crippen molar-refractivity contribution in [1.29, 1.82) is 0 Å². The Morgan fingerprint density at radius 1 is 0.814 bits per heavy atom. The minimum Gasteiger partial charge on any atom is -0.497 e. The zero-order chi connectivity index (χ0) is 32.0. The third-order valence-electron chi connectivity index (χ3n) is 5.35. The number of ketones is 1. The molecule has 230 valence electrons. The van der Waals surface area contributed by atoms with Crippen LogP contribution < -0.4 is 26.0 Å². The van der Waals surface area contributed by atoms with E-state index in [-0.39, 0.29) is 13.1 Å². The van der Waals surface area contributed by atoms with Crippen molar-refractivity contribution in [2.75, 3.05) is 20.2 Å². The number of nitrogens with zero attached hydrogens (tertiary/aromatic N) is 1. The molecule has 2 aromatic carbocycles. The Hall–Kier alpha value is -5.06. The van der Waals surface area contributed by atoms with Gasteiger partial charge in [-0.3, -0.25) is 29.0 Å². The highest BCUT2D eigenvalue weighted by atomic mass is 16.5. The maximum atomic E-state index is 12.1. The van der Waals surface area contributed by atoms with E-state index in [2.05, 4.69) is 59.2 Å². The van der Waals surface area contributed by atoms with Crippen molar-refractivity contribution in [3.63, 3.8) is 0 Å². The standard InChI is InChI=1S/C22H25N5O6.C7H8.C3H8/c1-14(27-19(29)13-26-21(31)16-7-9-23-10-8-16)20(30)25-12-18(28)22(32)24-11-15-3-5-17(33-2)6-4-15;1-7-5-3-2-4-6-7;1-3-2/h3-10,14H,11-13H2,1-2H3,(H,24,32)(H,25,30)(H,26,31)(H,27,29);2-6H,1H3;3H2,1-2H3/t14-;;/m0../s1. The lowest BCUT2D eigenvalue weighted by atomic mass is 10.2. The number of hydrogen-bond acceptors (Lipinski definition) is 7. The van der Waals surface area contributed by atoms with Crippen LogP contribution in [0.2, 0.25) is 0 Å². The summed E-state index contributed by atoms with van der Waals surface area (Å²) in [6, 6.07) is 19.2. The Morgan fingerprint density at radius 2 is 1.42 bits per heavy atom. The van der Waals surface area contributed by atoms with E-state index in [0.717, 1.165) is 5.56 Å². The summed E-state index contributed by atoms with van der Waals surface area (Å²) in [5.74, 6) is -2.72. The molecular formula is C32H41N5O6. The maximum Gasteiger partial charge on any atom is 0.289 e. The van der Waals surface area contributed by atoms with E-state index in [1.165, 1.54) is 50.5 Å². The molecule has 11 nitrogen and oxygen atoms in total. The van der Waals surface area contributed by atoms with Gasteiger partial charge < -0.3 is 26.0 Å². The summed E-state index contributed by atoms with van der Waals surface area (Å²) in [5, 5.41) is 9.58. The van der Waals surface area contributed by atoms with E-state index in [1.54, 1.807) is 24.3 Å². The number of carbonyl (C=O) groups is 5. The SMILES string of the molecule is CCC.COc1ccc(CNC(=O)C(=O)CNC(=O)[C@H](C)NC(=O)CNC(=O)c2ccncc2)cc1.Cc1ccccc1. The first-order valence-electron chi connectivity index (χ1n) is 13.8. The molecule has 0 aliphatic carbocycles. The zero-order valence-corrected chi connectivity index (χ0v) is 25.3. The summed E-state index contributed by atoms with van der Waals surface area (Å²) in [6.07, 6.45) is 4.14. The number of Topliss-reactive ketones (excluding diaryl/α,β-unsaturated/α-hetero) is 1. The highest BCUT2D eigenvalue weighted by Crippen LogP contribution is 2.10. The van der Waals surface area contributed by atoms with Gasteiger partial charge in [0.25, 0.3) is 11.8 Å². The summed E-state index contributed by atoms with van der Waals surface area (Å²) >= 11 is 0. The van der Waals surface area contributed by atoms with Crippen molar-refractivity contribution in [3.05, 3.63) is 95.8 Å². The van der Waals surface area contributed by atoms with Gasteiger partial charge in [-0.2, -0.15) is 0 Å². The molecule has 1 atom stereocenters. The number of methoxy groups -OCH3 is 1. The van der Waals surface area contributed by atoms with Gasteiger partial charge in [-0.15, -0.1) is 0 Å². The van der Waals surface area contributed by atoms with Gasteiger partial charge in [0, 0.05) is 24.5 Å². The Labute approximate surface area is 252 Å². The summed E-state index contributed by atoms with van der Waals surface area (Å²) in [6.45, 7) is 7.02. The van der Waals surface area contributed by atoms with Crippen molar-refractivity contribution in [3.8, 4) is 5.75 Å². The summed E-state index contributed by atoms with van der Waals surface area (Å²) in [5.41, 5.74) is 2.43. The van der Waals surface area contributed by atoms with Crippen LogP contribution >= 0.6 is 0 Å². The molecule has 0 aliphatic rings. The molecule has 0 radical (unpaired) electrons. The number of pyridine rings is 1. The number of carbonyl (C=O) groups excluding carboxylic acids is 5. The number of rotatable bonds is 11. The Balaban J connectivity index is 0.000000784. The van der Waals surface area contributed by atoms with Gasteiger partial charge in [-0.05, 0) is 43.7 Å². The Morgan fingerprint density at radius 3 is 1.95 bits per heavy atom. The van der Waals surface area contributed by atoms with Crippen molar-refractivity contribution in [2.45, 2.75) is 46.7 Å². The maximum absolute atomic E-state index is 12.1. The fraction of sp³-hybridized carbons (Fsp3) is 0.312. The van der Waals surface area contributed by atoms with Crippen LogP contribution in [0.15, 0.2) is 79.1 Å². The van der Waals surface area contributed by atoms with Crippen LogP contribution in [0.3, 0.4) is 0 Å². The largest absolute Gasteiger partial charge is 0.497 e. The Kier molecular flexibility index (Phi) is 17.4. The fourth-order valence-corrected chi connectivity index (χ4v) is 3.08. The molecular weight excluding hydrogens is 550 g/mol. The number of aromatic nitrogens is 1. The number of nitrogens with one attached hydrogen (secondary N) is 4. The lowest BCUT2D eigenvalue weighted by molar-refractivity contribution is -0.138. The first kappa shape index (κ1) is 36.0. The van der Waals surface area contributed by atoms with Gasteiger partial charge in [0.2, 0.25) is 17.6 Å². The molecule has 0 saturated heterocycles.